The Bertz CT molecular complexity index is 549. The fraction of sp³-hybridized carbons (Fsp3) is 0.286. The highest BCUT2D eigenvalue weighted by Gasteiger charge is 2.59. The minimum Gasteiger partial charge on any atom is -0.170 e. The van der Waals surface area contributed by atoms with Crippen LogP contribution in [0.5, 0.6) is 0 Å². The highest BCUT2D eigenvalue weighted by Crippen LogP contribution is 2.57. The van der Waals surface area contributed by atoms with Crippen molar-refractivity contribution in [2.24, 2.45) is 0 Å². The molecule has 0 heterocycles. The summed E-state index contributed by atoms with van der Waals surface area (Å²) >= 11 is 0. The molecule has 1 unspecified atom stereocenters. The fourth-order valence-corrected chi connectivity index (χ4v) is 2.51. The molecule has 1 atom stereocenters. The first-order valence-electron chi connectivity index (χ1n) is 5.50. The fourth-order valence-electron chi connectivity index (χ4n) is 2.51. The zero-order valence-corrected chi connectivity index (χ0v) is 9.31. The molecule has 0 aromatic heterocycles. The topological polar surface area (TPSA) is 0 Å². The van der Waals surface area contributed by atoms with Gasteiger partial charge in [-0.15, -0.1) is 0 Å². The normalized spacial score (nSPS) is 26.4. The van der Waals surface area contributed by atoms with Crippen LogP contribution in [0.2, 0.25) is 0 Å². The van der Waals surface area contributed by atoms with Crippen LogP contribution in [0, 0.1) is 6.92 Å². The lowest BCUT2D eigenvalue weighted by Gasteiger charge is -2.31. The first kappa shape index (κ1) is 10.6. The Hall–Kier alpha value is -1.51. The summed E-state index contributed by atoms with van der Waals surface area (Å²) in [5.41, 5.74) is 1.05. The van der Waals surface area contributed by atoms with E-state index in [1.807, 2.05) is 19.1 Å². The predicted octanol–water partition coefficient (Wildman–Crippen LogP) is 4.07. The van der Waals surface area contributed by atoms with Crippen LogP contribution in [0.15, 0.2) is 47.6 Å². The number of hydrogen-bond donors (Lipinski definition) is 0. The van der Waals surface area contributed by atoms with Crippen molar-refractivity contribution < 1.29 is 13.2 Å². The lowest BCUT2D eigenvalue weighted by Crippen LogP contribution is -2.39. The van der Waals surface area contributed by atoms with Crippen molar-refractivity contribution in [2.75, 3.05) is 0 Å². The van der Waals surface area contributed by atoms with Crippen LogP contribution in [-0.2, 0) is 5.41 Å². The van der Waals surface area contributed by atoms with Crippen LogP contribution in [0.1, 0.15) is 17.5 Å². The van der Waals surface area contributed by atoms with E-state index in [0.29, 0.717) is 5.56 Å². The molecule has 0 saturated carbocycles. The Balaban J connectivity index is 2.13. The first-order valence-corrected chi connectivity index (χ1v) is 5.50. The van der Waals surface area contributed by atoms with Gasteiger partial charge in [-0.2, -0.15) is 13.2 Å². The Labute approximate surface area is 97.5 Å². The highest BCUT2D eigenvalue weighted by molar-refractivity contribution is 5.66. The summed E-state index contributed by atoms with van der Waals surface area (Å²) in [6.07, 6.45) is -0.978. The van der Waals surface area contributed by atoms with Gasteiger partial charge in [0.1, 0.15) is 5.41 Å². The average molecular weight is 236 g/mol. The second-order valence-electron chi connectivity index (χ2n) is 4.78. The second kappa shape index (κ2) is 3.03. The maximum atomic E-state index is 13.4. The molecule has 0 amide bonds. The molecule has 1 aromatic carbocycles. The molecule has 3 heteroatoms. The minimum absolute atomic E-state index is 0.0648. The third-order valence-corrected chi connectivity index (χ3v) is 3.53. The van der Waals surface area contributed by atoms with Gasteiger partial charge in [-0.3, -0.25) is 0 Å². The van der Waals surface area contributed by atoms with Gasteiger partial charge in [0, 0.05) is 0 Å². The molecular formula is C14H11F3. The van der Waals surface area contributed by atoms with E-state index in [4.69, 9.17) is 0 Å². The number of halogens is 3. The molecule has 0 nitrogen and oxygen atoms in total. The molecule has 0 N–H and O–H groups in total. The smallest absolute Gasteiger partial charge is 0.170 e. The van der Waals surface area contributed by atoms with Crippen molar-refractivity contribution >= 4 is 0 Å². The van der Waals surface area contributed by atoms with E-state index >= 15 is 0 Å². The van der Waals surface area contributed by atoms with E-state index in [1.165, 1.54) is 6.08 Å². The zero-order chi connectivity index (χ0) is 12.3. The maximum absolute atomic E-state index is 13.4. The van der Waals surface area contributed by atoms with E-state index in [2.05, 4.69) is 0 Å². The molecule has 0 radical (unpaired) electrons. The second-order valence-corrected chi connectivity index (χ2v) is 4.78. The van der Waals surface area contributed by atoms with E-state index in [0.717, 1.165) is 16.7 Å². The molecule has 3 rings (SSSR count). The number of rotatable bonds is 1. The van der Waals surface area contributed by atoms with Crippen LogP contribution in [0.3, 0.4) is 0 Å². The van der Waals surface area contributed by atoms with Gasteiger partial charge in [-0.05, 0) is 30.1 Å². The van der Waals surface area contributed by atoms with Gasteiger partial charge in [0.05, 0.1) is 0 Å². The number of fused-ring (bicyclic) bond motifs is 1. The summed E-state index contributed by atoms with van der Waals surface area (Å²) in [6.45, 7) is 1.82. The van der Waals surface area contributed by atoms with Gasteiger partial charge < -0.3 is 0 Å². The van der Waals surface area contributed by atoms with Crippen LogP contribution >= 0.6 is 0 Å². The third-order valence-electron chi connectivity index (χ3n) is 3.53. The van der Waals surface area contributed by atoms with Crippen LogP contribution in [0.25, 0.3) is 0 Å². The molecule has 0 fully saturated rings. The average Bonchev–Trinajstić information content (AvgIpc) is 2.84. The van der Waals surface area contributed by atoms with E-state index in [9.17, 15) is 13.2 Å². The first-order chi connectivity index (χ1) is 7.92. The standard InChI is InChI=1S/C14H11F3/c1-9-3-2-4-12(5-9)13(14(15,16)17)7-10-6-11(10)8-13/h2-7H,8H2,1H3. The molecule has 2 aliphatic rings. The van der Waals surface area contributed by atoms with Gasteiger partial charge in [0.2, 0.25) is 0 Å². The minimum atomic E-state index is -4.23. The summed E-state index contributed by atoms with van der Waals surface area (Å²) in [6, 6.07) is 6.71. The monoisotopic (exact) mass is 236 g/mol. The molecule has 0 aliphatic heterocycles. The number of aryl methyl sites for hydroxylation is 1. The zero-order valence-electron chi connectivity index (χ0n) is 9.31. The molecule has 17 heavy (non-hydrogen) atoms. The lowest BCUT2D eigenvalue weighted by molar-refractivity contribution is -0.174. The summed E-state index contributed by atoms with van der Waals surface area (Å²) < 4.78 is 40.1. The van der Waals surface area contributed by atoms with Gasteiger partial charge in [-0.25, -0.2) is 0 Å². The number of alkyl halides is 3. The Morgan fingerprint density at radius 1 is 1.24 bits per heavy atom. The number of allylic oxidation sites excluding steroid dienone is 4. The Morgan fingerprint density at radius 2 is 2.00 bits per heavy atom. The van der Waals surface area contributed by atoms with Crippen LogP contribution in [0.4, 0.5) is 13.2 Å². The predicted molar refractivity (Wildman–Crippen MR) is 59.7 cm³/mol. The SMILES string of the molecule is Cc1cccc(C2(C(F)(F)F)C=C3C=C3C2)c1. The van der Waals surface area contributed by atoms with Crippen molar-refractivity contribution in [1.82, 2.24) is 0 Å². The van der Waals surface area contributed by atoms with Crippen molar-refractivity contribution in [3.63, 3.8) is 0 Å². The molecule has 1 aromatic rings. The summed E-state index contributed by atoms with van der Waals surface area (Å²) in [5, 5.41) is 0. The lowest BCUT2D eigenvalue weighted by atomic mass is 9.78. The molecule has 2 aliphatic carbocycles. The Kier molecular flexibility index (Phi) is 1.90. The van der Waals surface area contributed by atoms with E-state index in [1.54, 1.807) is 18.2 Å². The van der Waals surface area contributed by atoms with Crippen molar-refractivity contribution in [2.45, 2.75) is 24.9 Å². The molecule has 0 saturated heterocycles. The molecule has 0 bridgehead atoms. The van der Waals surface area contributed by atoms with Gasteiger partial charge in [-0.1, -0.05) is 42.0 Å². The maximum Gasteiger partial charge on any atom is 0.402 e. The largest absolute Gasteiger partial charge is 0.402 e. The van der Waals surface area contributed by atoms with Gasteiger partial charge in [0.25, 0.3) is 0 Å². The highest BCUT2D eigenvalue weighted by atomic mass is 19.4. The molecule has 0 spiro atoms. The van der Waals surface area contributed by atoms with Gasteiger partial charge in [0.15, 0.2) is 0 Å². The summed E-state index contributed by atoms with van der Waals surface area (Å²) in [5.74, 6) is 0. The van der Waals surface area contributed by atoms with Crippen LogP contribution < -0.4 is 0 Å². The quantitative estimate of drug-likeness (QED) is 0.689. The van der Waals surface area contributed by atoms with Gasteiger partial charge >= 0.3 is 6.18 Å². The number of benzene rings is 1. The third kappa shape index (κ3) is 1.45. The Morgan fingerprint density at radius 3 is 2.53 bits per heavy atom. The van der Waals surface area contributed by atoms with Crippen molar-refractivity contribution in [3.8, 4) is 0 Å². The molecule has 88 valence electrons. The van der Waals surface area contributed by atoms with Crippen molar-refractivity contribution in [3.05, 3.63) is 58.7 Å². The summed E-state index contributed by atoms with van der Waals surface area (Å²) in [7, 11) is 0. The molecular weight excluding hydrogens is 225 g/mol. The summed E-state index contributed by atoms with van der Waals surface area (Å²) in [4.78, 5) is 0. The number of hydrogen-bond acceptors (Lipinski definition) is 0. The van der Waals surface area contributed by atoms with Crippen molar-refractivity contribution in [1.29, 1.82) is 0 Å². The van der Waals surface area contributed by atoms with E-state index < -0.39 is 11.6 Å². The van der Waals surface area contributed by atoms with E-state index in [-0.39, 0.29) is 6.42 Å². The van der Waals surface area contributed by atoms with Crippen LogP contribution in [-0.4, -0.2) is 6.18 Å².